The molecule has 3 rings (SSSR count). The van der Waals surface area contributed by atoms with Gasteiger partial charge in [0.2, 0.25) is 10.0 Å². The van der Waals surface area contributed by atoms with E-state index in [4.69, 9.17) is 9.47 Å². The lowest BCUT2D eigenvalue weighted by molar-refractivity contribution is 0.171. The van der Waals surface area contributed by atoms with Crippen molar-refractivity contribution in [1.29, 1.82) is 0 Å². The molecule has 0 saturated carbocycles. The van der Waals surface area contributed by atoms with Gasteiger partial charge in [-0.1, -0.05) is 37.6 Å². The largest absolute Gasteiger partial charge is 0.486 e. The van der Waals surface area contributed by atoms with Gasteiger partial charge >= 0.3 is 0 Å². The van der Waals surface area contributed by atoms with Crippen molar-refractivity contribution in [3.05, 3.63) is 53.6 Å². The Bertz CT molecular complexity index is 800. The summed E-state index contributed by atoms with van der Waals surface area (Å²) in [6.07, 6.45) is 2.12. The van der Waals surface area contributed by atoms with Gasteiger partial charge in [0.1, 0.15) is 13.2 Å². The van der Waals surface area contributed by atoms with Crippen molar-refractivity contribution < 1.29 is 17.9 Å². The maximum atomic E-state index is 12.5. The van der Waals surface area contributed by atoms with Crippen molar-refractivity contribution in [2.45, 2.75) is 31.2 Å². The first-order valence-electron chi connectivity index (χ1n) is 8.05. The van der Waals surface area contributed by atoms with E-state index in [1.54, 1.807) is 6.07 Å². The normalized spacial score (nSPS) is 13.7. The van der Waals surface area contributed by atoms with E-state index < -0.39 is 10.0 Å². The van der Waals surface area contributed by atoms with Gasteiger partial charge in [0.05, 0.1) is 4.90 Å². The Morgan fingerprint density at radius 2 is 1.62 bits per heavy atom. The summed E-state index contributed by atoms with van der Waals surface area (Å²) >= 11 is 0. The van der Waals surface area contributed by atoms with E-state index in [9.17, 15) is 8.42 Å². The smallest absolute Gasteiger partial charge is 0.241 e. The molecule has 1 aliphatic heterocycles. The molecule has 2 aromatic carbocycles. The van der Waals surface area contributed by atoms with E-state index in [0.717, 1.165) is 18.4 Å². The fourth-order valence-electron chi connectivity index (χ4n) is 2.56. The standard InChI is InChI=1S/C18H21NO4S/c1-2-3-14-4-6-15(7-5-14)13-19-24(20,21)16-8-9-17-18(12-16)23-11-10-22-17/h4-9,12,19H,2-3,10-11,13H2,1H3. The van der Waals surface area contributed by atoms with E-state index in [1.807, 2.05) is 24.3 Å². The van der Waals surface area contributed by atoms with Crippen LogP contribution in [-0.4, -0.2) is 21.6 Å². The Hall–Kier alpha value is -2.05. The van der Waals surface area contributed by atoms with Crippen LogP contribution in [0.2, 0.25) is 0 Å². The molecular formula is C18H21NO4S. The number of hydrogen-bond donors (Lipinski definition) is 1. The predicted molar refractivity (Wildman–Crippen MR) is 91.9 cm³/mol. The number of benzene rings is 2. The summed E-state index contributed by atoms with van der Waals surface area (Å²) in [5.74, 6) is 1.04. The van der Waals surface area contributed by atoms with Crippen molar-refractivity contribution in [2.24, 2.45) is 0 Å². The van der Waals surface area contributed by atoms with E-state index in [1.165, 1.54) is 17.7 Å². The molecule has 0 radical (unpaired) electrons. The maximum Gasteiger partial charge on any atom is 0.241 e. The number of ether oxygens (including phenoxy) is 2. The average Bonchev–Trinajstić information content (AvgIpc) is 2.61. The highest BCUT2D eigenvalue weighted by Gasteiger charge is 2.19. The van der Waals surface area contributed by atoms with E-state index >= 15 is 0 Å². The second kappa shape index (κ2) is 7.23. The number of nitrogens with one attached hydrogen (secondary N) is 1. The van der Waals surface area contributed by atoms with Crippen molar-refractivity contribution in [3.63, 3.8) is 0 Å². The van der Waals surface area contributed by atoms with Crippen LogP contribution in [0.1, 0.15) is 24.5 Å². The summed E-state index contributed by atoms with van der Waals surface area (Å²) in [7, 11) is -3.60. The van der Waals surface area contributed by atoms with Crippen molar-refractivity contribution in [3.8, 4) is 11.5 Å². The van der Waals surface area contributed by atoms with Crippen LogP contribution in [0.15, 0.2) is 47.4 Å². The van der Waals surface area contributed by atoms with Gasteiger partial charge in [0.15, 0.2) is 11.5 Å². The number of fused-ring (bicyclic) bond motifs is 1. The van der Waals surface area contributed by atoms with Crippen molar-refractivity contribution in [1.82, 2.24) is 4.72 Å². The minimum Gasteiger partial charge on any atom is -0.486 e. The molecule has 1 N–H and O–H groups in total. The van der Waals surface area contributed by atoms with Gasteiger partial charge in [-0.25, -0.2) is 13.1 Å². The summed E-state index contributed by atoms with van der Waals surface area (Å²) < 4.78 is 38.4. The molecule has 2 aromatic rings. The number of hydrogen-bond acceptors (Lipinski definition) is 4. The Labute approximate surface area is 142 Å². The summed E-state index contributed by atoms with van der Waals surface area (Å²) in [5, 5.41) is 0. The van der Waals surface area contributed by atoms with E-state index in [0.29, 0.717) is 24.7 Å². The van der Waals surface area contributed by atoms with Gasteiger partial charge in [-0.3, -0.25) is 0 Å². The zero-order chi connectivity index (χ0) is 17.0. The van der Waals surface area contributed by atoms with E-state index in [2.05, 4.69) is 11.6 Å². The summed E-state index contributed by atoms with van der Waals surface area (Å²) in [4.78, 5) is 0.175. The highest BCUT2D eigenvalue weighted by atomic mass is 32.2. The van der Waals surface area contributed by atoms with Gasteiger partial charge in [0.25, 0.3) is 0 Å². The van der Waals surface area contributed by atoms with Gasteiger partial charge < -0.3 is 9.47 Å². The van der Waals surface area contributed by atoms with Crippen LogP contribution in [0, 0.1) is 0 Å². The number of rotatable bonds is 6. The average molecular weight is 347 g/mol. The Morgan fingerprint density at radius 1 is 0.958 bits per heavy atom. The van der Waals surface area contributed by atoms with Gasteiger partial charge in [-0.2, -0.15) is 0 Å². The van der Waals surface area contributed by atoms with Crippen LogP contribution in [-0.2, 0) is 23.0 Å². The third-order valence-electron chi connectivity index (χ3n) is 3.85. The fraction of sp³-hybridized carbons (Fsp3) is 0.333. The van der Waals surface area contributed by atoms with Crippen molar-refractivity contribution in [2.75, 3.05) is 13.2 Å². The number of aryl methyl sites for hydroxylation is 1. The highest BCUT2D eigenvalue weighted by Crippen LogP contribution is 2.32. The molecule has 0 unspecified atom stereocenters. The monoisotopic (exact) mass is 347 g/mol. The van der Waals surface area contributed by atoms with Crippen LogP contribution in [0.4, 0.5) is 0 Å². The first kappa shape index (κ1) is 16.8. The van der Waals surface area contributed by atoms with Gasteiger partial charge in [0, 0.05) is 12.6 Å². The molecule has 6 heteroatoms. The minimum atomic E-state index is -3.60. The molecule has 1 aliphatic rings. The molecule has 0 fully saturated rings. The molecular weight excluding hydrogens is 326 g/mol. The topological polar surface area (TPSA) is 64.6 Å². The summed E-state index contributed by atoms with van der Waals surface area (Å²) in [6, 6.07) is 12.6. The van der Waals surface area contributed by atoms with Crippen LogP contribution in [0.3, 0.4) is 0 Å². The molecule has 0 aliphatic carbocycles. The lowest BCUT2D eigenvalue weighted by Gasteiger charge is -2.19. The van der Waals surface area contributed by atoms with Gasteiger partial charge in [-0.15, -0.1) is 0 Å². The van der Waals surface area contributed by atoms with Crippen LogP contribution in [0.25, 0.3) is 0 Å². The molecule has 0 saturated heterocycles. The predicted octanol–water partition coefficient (Wildman–Crippen LogP) is 2.89. The molecule has 0 aromatic heterocycles. The lowest BCUT2D eigenvalue weighted by Crippen LogP contribution is -2.23. The molecule has 0 spiro atoms. The SMILES string of the molecule is CCCc1ccc(CNS(=O)(=O)c2ccc3c(c2)OCCO3)cc1. The Morgan fingerprint density at radius 3 is 2.33 bits per heavy atom. The summed E-state index contributed by atoms with van der Waals surface area (Å²) in [5.41, 5.74) is 2.19. The lowest BCUT2D eigenvalue weighted by atomic mass is 10.1. The quantitative estimate of drug-likeness (QED) is 0.873. The van der Waals surface area contributed by atoms with Crippen LogP contribution >= 0.6 is 0 Å². The molecule has 0 bridgehead atoms. The molecule has 1 heterocycles. The molecule has 0 atom stereocenters. The first-order chi connectivity index (χ1) is 11.6. The first-order valence-corrected chi connectivity index (χ1v) is 9.54. The Balaban J connectivity index is 1.69. The zero-order valence-electron chi connectivity index (χ0n) is 13.6. The third kappa shape index (κ3) is 3.88. The van der Waals surface area contributed by atoms with Gasteiger partial charge in [-0.05, 0) is 29.7 Å². The zero-order valence-corrected chi connectivity index (χ0v) is 14.4. The molecule has 24 heavy (non-hydrogen) atoms. The highest BCUT2D eigenvalue weighted by molar-refractivity contribution is 7.89. The molecule has 0 amide bonds. The van der Waals surface area contributed by atoms with E-state index in [-0.39, 0.29) is 11.4 Å². The Kier molecular flexibility index (Phi) is 5.06. The molecule has 128 valence electrons. The van der Waals surface area contributed by atoms with Crippen LogP contribution in [0.5, 0.6) is 11.5 Å². The maximum absolute atomic E-state index is 12.5. The summed E-state index contributed by atoms with van der Waals surface area (Å²) in [6.45, 7) is 3.29. The minimum absolute atomic E-state index is 0.175. The third-order valence-corrected chi connectivity index (χ3v) is 5.25. The number of sulfonamides is 1. The molecule has 5 nitrogen and oxygen atoms in total. The fourth-order valence-corrected chi connectivity index (χ4v) is 3.60. The second-order valence-electron chi connectivity index (χ2n) is 5.70. The van der Waals surface area contributed by atoms with Crippen LogP contribution < -0.4 is 14.2 Å². The van der Waals surface area contributed by atoms with Crippen molar-refractivity contribution >= 4 is 10.0 Å². The second-order valence-corrected chi connectivity index (χ2v) is 7.46.